The van der Waals surface area contributed by atoms with Crippen molar-refractivity contribution in [3.63, 3.8) is 0 Å². The van der Waals surface area contributed by atoms with Crippen molar-refractivity contribution in [2.45, 2.75) is 46.2 Å². The molecule has 4 aromatic rings. The van der Waals surface area contributed by atoms with E-state index in [1.807, 2.05) is 32.9 Å². The molecule has 1 atom stereocenters. The van der Waals surface area contributed by atoms with Crippen molar-refractivity contribution in [1.29, 1.82) is 0 Å². The molecule has 44 heavy (non-hydrogen) atoms. The summed E-state index contributed by atoms with van der Waals surface area (Å²) in [5, 5.41) is 21.2. The van der Waals surface area contributed by atoms with Crippen molar-refractivity contribution in [1.82, 2.24) is 40.7 Å². The molecule has 0 unspecified atom stereocenters. The van der Waals surface area contributed by atoms with Gasteiger partial charge in [-0.2, -0.15) is 5.10 Å². The second-order valence-electron chi connectivity index (χ2n) is 11.0. The number of aromatic amines is 1. The number of amides is 3. The fourth-order valence-electron chi connectivity index (χ4n) is 4.86. The Morgan fingerprint density at radius 1 is 1.16 bits per heavy atom. The van der Waals surface area contributed by atoms with Crippen LogP contribution < -0.4 is 15.4 Å². The number of ether oxygens (including phenoxy) is 1. The molecule has 1 aromatic carbocycles. The number of carbonyl (C=O) groups excluding carboxylic acids is 3. The second-order valence-corrected chi connectivity index (χ2v) is 12.3. The van der Waals surface area contributed by atoms with E-state index < -0.39 is 23.7 Å². The molecule has 3 amide bonds. The number of aromatic nitrogens is 5. The van der Waals surface area contributed by atoms with Gasteiger partial charge in [0.2, 0.25) is 5.91 Å². The minimum atomic E-state index is -0.880. The lowest BCUT2D eigenvalue weighted by Gasteiger charge is -2.24. The molecule has 3 N–H and O–H groups in total. The van der Waals surface area contributed by atoms with Gasteiger partial charge in [-0.3, -0.25) is 19.5 Å². The number of hydrogen-bond acceptors (Lipinski definition) is 8. The van der Waals surface area contributed by atoms with Gasteiger partial charge in [-0.25, -0.2) is 9.07 Å². The summed E-state index contributed by atoms with van der Waals surface area (Å²) in [6.45, 7) is 7.00. The Balaban J connectivity index is 1.38. The molecule has 232 valence electrons. The smallest absolute Gasteiger partial charge is 0.274 e. The predicted octanol–water partition coefficient (Wildman–Crippen LogP) is 3.22. The molecule has 14 heteroatoms. The molecule has 0 saturated carbocycles. The van der Waals surface area contributed by atoms with E-state index in [1.165, 1.54) is 12.1 Å². The van der Waals surface area contributed by atoms with Crippen LogP contribution >= 0.6 is 11.3 Å². The van der Waals surface area contributed by atoms with E-state index in [-0.39, 0.29) is 48.5 Å². The third kappa shape index (κ3) is 7.67. The van der Waals surface area contributed by atoms with Gasteiger partial charge in [0, 0.05) is 37.1 Å². The van der Waals surface area contributed by atoms with E-state index in [4.69, 9.17) is 4.74 Å². The van der Waals surface area contributed by atoms with Crippen LogP contribution in [0.2, 0.25) is 0 Å². The summed E-state index contributed by atoms with van der Waals surface area (Å²) >= 11 is 1.60. The maximum atomic E-state index is 14.2. The molecule has 0 fully saturated rings. The molecular formula is C30H35FN8O4S. The lowest BCUT2D eigenvalue weighted by Crippen LogP contribution is -2.49. The fraction of sp³-hybridized carbons (Fsp3) is 0.400. The number of carbonyl (C=O) groups is 3. The molecule has 5 rings (SSSR count). The van der Waals surface area contributed by atoms with Crippen LogP contribution in [0.4, 0.5) is 4.39 Å². The first-order valence-corrected chi connectivity index (χ1v) is 15.3. The lowest BCUT2D eigenvalue weighted by atomic mass is 10.0. The van der Waals surface area contributed by atoms with Gasteiger partial charge in [-0.15, -0.1) is 16.4 Å². The third-order valence-corrected chi connectivity index (χ3v) is 8.12. The van der Waals surface area contributed by atoms with Crippen LogP contribution in [-0.4, -0.2) is 80.1 Å². The second kappa shape index (κ2) is 13.8. The Morgan fingerprint density at radius 3 is 2.77 bits per heavy atom. The summed E-state index contributed by atoms with van der Waals surface area (Å²) in [6.07, 6.45) is 2.55. The minimum Gasteiger partial charge on any atom is -0.491 e. The molecule has 1 aliphatic rings. The Morgan fingerprint density at radius 2 is 2.00 bits per heavy atom. The molecule has 0 saturated heterocycles. The van der Waals surface area contributed by atoms with Gasteiger partial charge < -0.3 is 20.3 Å². The van der Waals surface area contributed by atoms with E-state index >= 15 is 0 Å². The van der Waals surface area contributed by atoms with Crippen molar-refractivity contribution in [2.75, 3.05) is 26.2 Å². The number of H-pyrrole nitrogens is 1. The summed E-state index contributed by atoms with van der Waals surface area (Å²) in [4.78, 5) is 43.9. The van der Waals surface area contributed by atoms with Gasteiger partial charge in [-0.1, -0.05) is 19.1 Å². The quantitative estimate of drug-likeness (QED) is 0.317. The summed E-state index contributed by atoms with van der Waals surface area (Å²) in [6, 6.07) is 8.52. The Kier molecular flexibility index (Phi) is 9.68. The molecule has 2 bridgehead atoms. The standard InChI is InChI=1S/C30H35FN8O4S/c1-18(2)14-24-29(41)32-9-11-38(30(42)25-16-23(35-36-25)27-7-4-19(3)44-27)10-8-21-17-39(37-34-21)12-13-43-26-6-5-20(31)15-22(26)28(40)33-24/h4-7,15-18,24H,8-14H2,1-3H3,(H,32,41)(H,33,40)(H,35,36)/t24-/m1/s1. The molecular weight excluding hydrogens is 587 g/mol. The average molecular weight is 623 g/mol. The van der Waals surface area contributed by atoms with E-state index in [0.29, 0.717) is 31.6 Å². The van der Waals surface area contributed by atoms with Gasteiger partial charge in [0.15, 0.2) is 5.69 Å². The number of hydrogen-bond donors (Lipinski definition) is 3. The zero-order valence-electron chi connectivity index (χ0n) is 24.8. The molecule has 0 spiro atoms. The largest absolute Gasteiger partial charge is 0.491 e. The van der Waals surface area contributed by atoms with Crippen LogP contribution in [0.15, 0.2) is 42.6 Å². The SMILES string of the molecule is Cc1ccc(-c2cc(C(=O)N3CCNC(=O)[C@@H](CC(C)C)NC(=O)c4cc(F)ccc4OCCn4cc(nn4)CC3)n[nH]2)s1. The zero-order chi connectivity index (χ0) is 31.2. The normalized spacial score (nSPS) is 16.8. The van der Waals surface area contributed by atoms with Crippen molar-refractivity contribution in [2.24, 2.45) is 5.92 Å². The molecule has 4 heterocycles. The first-order chi connectivity index (χ1) is 21.2. The van der Waals surface area contributed by atoms with E-state index in [2.05, 4.69) is 31.1 Å². The summed E-state index contributed by atoms with van der Waals surface area (Å²) in [5.41, 5.74) is 1.67. The zero-order valence-corrected chi connectivity index (χ0v) is 25.6. The van der Waals surface area contributed by atoms with Crippen LogP contribution in [0.25, 0.3) is 10.6 Å². The topological polar surface area (TPSA) is 147 Å². The highest BCUT2D eigenvalue weighted by Gasteiger charge is 2.26. The monoisotopic (exact) mass is 622 g/mol. The lowest BCUT2D eigenvalue weighted by molar-refractivity contribution is -0.123. The predicted molar refractivity (Wildman–Crippen MR) is 162 cm³/mol. The number of benzene rings is 1. The number of nitrogens with one attached hydrogen (secondary N) is 3. The van der Waals surface area contributed by atoms with E-state index in [1.54, 1.807) is 33.2 Å². The van der Waals surface area contributed by atoms with Crippen LogP contribution in [0.3, 0.4) is 0 Å². The number of halogens is 1. The number of rotatable bonds is 4. The Labute approximate surface area is 258 Å². The minimum absolute atomic E-state index is 0.0141. The average Bonchev–Trinajstić information content (AvgIpc) is 3.75. The van der Waals surface area contributed by atoms with Crippen molar-refractivity contribution in [3.05, 3.63) is 70.2 Å². The van der Waals surface area contributed by atoms with Crippen LogP contribution in [0.5, 0.6) is 5.75 Å². The van der Waals surface area contributed by atoms with Crippen molar-refractivity contribution >= 4 is 29.1 Å². The maximum absolute atomic E-state index is 14.2. The van der Waals surface area contributed by atoms with Gasteiger partial charge >= 0.3 is 0 Å². The number of nitrogens with zero attached hydrogens (tertiary/aromatic N) is 5. The maximum Gasteiger partial charge on any atom is 0.274 e. The van der Waals surface area contributed by atoms with Gasteiger partial charge in [-0.05, 0) is 55.7 Å². The number of fused-ring (bicyclic) bond motifs is 3. The molecule has 0 radical (unpaired) electrons. The third-order valence-electron chi connectivity index (χ3n) is 7.09. The highest BCUT2D eigenvalue weighted by Crippen LogP contribution is 2.26. The summed E-state index contributed by atoms with van der Waals surface area (Å²) in [7, 11) is 0. The molecule has 0 aliphatic carbocycles. The molecule has 1 aliphatic heterocycles. The van der Waals surface area contributed by atoms with Crippen LogP contribution in [0, 0.1) is 18.7 Å². The van der Waals surface area contributed by atoms with Gasteiger partial charge in [0.05, 0.1) is 28.4 Å². The Hall–Kier alpha value is -4.59. The first-order valence-electron chi connectivity index (χ1n) is 14.5. The molecule has 3 aromatic heterocycles. The van der Waals surface area contributed by atoms with E-state index in [9.17, 15) is 18.8 Å². The highest BCUT2D eigenvalue weighted by molar-refractivity contribution is 7.15. The van der Waals surface area contributed by atoms with Gasteiger partial charge in [0.1, 0.15) is 24.2 Å². The van der Waals surface area contributed by atoms with Crippen molar-refractivity contribution in [3.8, 4) is 16.3 Å². The van der Waals surface area contributed by atoms with Gasteiger partial charge in [0.25, 0.3) is 11.8 Å². The number of thiophene rings is 1. The van der Waals surface area contributed by atoms with Crippen LogP contribution in [-0.2, 0) is 17.8 Å². The fourth-order valence-corrected chi connectivity index (χ4v) is 5.69. The Bertz CT molecular complexity index is 1630. The van der Waals surface area contributed by atoms with E-state index in [0.717, 1.165) is 21.5 Å². The highest BCUT2D eigenvalue weighted by atomic mass is 32.1. The molecule has 12 nitrogen and oxygen atoms in total. The number of aryl methyl sites for hydroxylation is 1. The van der Waals surface area contributed by atoms with Crippen LogP contribution in [0.1, 0.15) is 51.7 Å². The summed E-state index contributed by atoms with van der Waals surface area (Å²) < 4.78 is 21.6. The summed E-state index contributed by atoms with van der Waals surface area (Å²) in [5.74, 6) is -1.66. The first kappa shape index (κ1) is 30.9. The van der Waals surface area contributed by atoms with Crippen molar-refractivity contribution < 1.29 is 23.5 Å².